The molecule has 154 valence electrons. The molecule has 6 nitrogen and oxygen atoms in total. The Morgan fingerprint density at radius 3 is 2.45 bits per heavy atom. The Morgan fingerprint density at radius 2 is 1.79 bits per heavy atom. The van der Waals surface area contributed by atoms with Crippen molar-refractivity contribution in [3.05, 3.63) is 59.7 Å². The maximum atomic E-state index is 12.4. The number of ketones is 1. The molecule has 1 aliphatic rings. The summed E-state index contributed by atoms with van der Waals surface area (Å²) in [5.41, 5.74) is 1.55. The minimum absolute atomic E-state index is 0.0409. The van der Waals surface area contributed by atoms with Gasteiger partial charge in [-0.2, -0.15) is 0 Å². The van der Waals surface area contributed by atoms with Crippen molar-refractivity contribution in [2.75, 3.05) is 33.5 Å². The fourth-order valence-corrected chi connectivity index (χ4v) is 3.55. The SMILES string of the molecule is COc1ccc(C2(CNC(=O)COc3cccc(C(C)=O)c3)CCOCC2)cc1. The molecule has 0 atom stereocenters. The van der Waals surface area contributed by atoms with Crippen LogP contribution in [-0.2, 0) is 14.9 Å². The van der Waals surface area contributed by atoms with E-state index in [0.29, 0.717) is 31.1 Å². The van der Waals surface area contributed by atoms with Gasteiger partial charge in [0.25, 0.3) is 5.91 Å². The summed E-state index contributed by atoms with van der Waals surface area (Å²) < 4.78 is 16.4. The van der Waals surface area contributed by atoms with E-state index in [1.165, 1.54) is 6.92 Å². The number of benzene rings is 2. The largest absolute Gasteiger partial charge is 0.497 e. The Bertz CT molecular complexity index is 841. The third-order valence-corrected chi connectivity index (χ3v) is 5.39. The van der Waals surface area contributed by atoms with Crippen molar-refractivity contribution < 1.29 is 23.8 Å². The molecule has 1 saturated heterocycles. The normalized spacial score (nSPS) is 15.4. The summed E-state index contributed by atoms with van der Waals surface area (Å²) in [4.78, 5) is 23.9. The molecule has 0 bridgehead atoms. The first kappa shape index (κ1) is 20.9. The van der Waals surface area contributed by atoms with Gasteiger partial charge in [-0.25, -0.2) is 0 Å². The summed E-state index contributed by atoms with van der Waals surface area (Å²) in [6.45, 7) is 3.24. The van der Waals surface area contributed by atoms with E-state index in [9.17, 15) is 9.59 Å². The Labute approximate surface area is 171 Å². The predicted molar refractivity (Wildman–Crippen MR) is 110 cm³/mol. The van der Waals surface area contributed by atoms with Crippen LogP contribution in [0.5, 0.6) is 11.5 Å². The van der Waals surface area contributed by atoms with Crippen molar-refractivity contribution in [1.29, 1.82) is 0 Å². The molecule has 0 unspecified atom stereocenters. The van der Waals surface area contributed by atoms with Crippen LogP contribution in [0.1, 0.15) is 35.7 Å². The quantitative estimate of drug-likeness (QED) is 0.693. The molecule has 1 amide bonds. The number of ether oxygens (including phenoxy) is 3. The standard InChI is InChI=1S/C23H27NO5/c1-17(25)18-4-3-5-21(14-18)29-15-22(26)24-16-23(10-12-28-13-11-23)19-6-8-20(27-2)9-7-19/h3-9,14H,10-13,15-16H2,1-2H3,(H,24,26). The molecule has 29 heavy (non-hydrogen) atoms. The second-order valence-electron chi connectivity index (χ2n) is 7.27. The van der Waals surface area contributed by atoms with Gasteiger partial charge in [0.05, 0.1) is 7.11 Å². The first-order valence-electron chi connectivity index (χ1n) is 9.75. The highest BCUT2D eigenvalue weighted by Crippen LogP contribution is 2.35. The van der Waals surface area contributed by atoms with E-state index in [4.69, 9.17) is 14.2 Å². The van der Waals surface area contributed by atoms with Gasteiger partial charge in [0.1, 0.15) is 11.5 Å². The number of hydrogen-bond donors (Lipinski definition) is 1. The fourth-order valence-electron chi connectivity index (χ4n) is 3.55. The van der Waals surface area contributed by atoms with E-state index in [-0.39, 0.29) is 23.7 Å². The third-order valence-electron chi connectivity index (χ3n) is 5.39. The number of amides is 1. The highest BCUT2D eigenvalue weighted by atomic mass is 16.5. The lowest BCUT2D eigenvalue weighted by Gasteiger charge is -2.38. The summed E-state index contributed by atoms with van der Waals surface area (Å²) in [7, 11) is 1.64. The van der Waals surface area contributed by atoms with Crippen LogP contribution in [0.25, 0.3) is 0 Å². The summed E-state index contributed by atoms with van der Waals surface area (Å²) >= 11 is 0. The fraction of sp³-hybridized carbons (Fsp3) is 0.391. The molecule has 0 saturated carbocycles. The van der Waals surface area contributed by atoms with Gasteiger partial charge in [-0.05, 0) is 49.6 Å². The number of carbonyl (C=O) groups excluding carboxylic acids is 2. The van der Waals surface area contributed by atoms with Gasteiger partial charge < -0.3 is 19.5 Å². The van der Waals surface area contributed by atoms with Crippen molar-refractivity contribution in [3.63, 3.8) is 0 Å². The van der Waals surface area contributed by atoms with Crippen LogP contribution < -0.4 is 14.8 Å². The van der Waals surface area contributed by atoms with E-state index in [1.807, 2.05) is 12.1 Å². The summed E-state index contributed by atoms with van der Waals surface area (Å²) in [6.07, 6.45) is 1.67. The molecule has 2 aromatic rings. The highest BCUT2D eigenvalue weighted by molar-refractivity contribution is 5.94. The lowest BCUT2D eigenvalue weighted by molar-refractivity contribution is -0.123. The second kappa shape index (κ2) is 9.56. The highest BCUT2D eigenvalue weighted by Gasteiger charge is 2.34. The Morgan fingerprint density at radius 1 is 1.07 bits per heavy atom. The van der Waals surface area contributed by atoms with Crippen LogP contribution in [0.3, 0.4) is 0 Å². The van der Waals surface area contributed by atoms with Gasteiger partial charge in [0.15, 0.2) is 12.4 Å². The Balaban J connectivity index is 1.61. The number of hydrogen-bond acceptors (Lipinski definition) is 5. The topological polar surface area (TPSA) is 73.9 Å². The Hall–Kier alpha value is -2.86. The zero-order valence-corrected chi connectivity index (χ0v) is 16.9. The average molecular weight is 397 g/mol. The van der Waals surface area contributed by atoms with Crippen LogP contribution in [-0.4, -0.2) is 45.2 Å². The molecule has 6 heteroatoms. The smallest absolute Gasteiger partial charge is 0.257 e. The molecule has 0 radical (unpaired) electrons. The van der Waals surface area contributed by atoms with Crippen LogP contribution in [0.15, 0.2) is 48.5 Å². The van der Waals surface area contributed by atoms with Gasteiger partial charge in [-0.3, -0.25) is 9.59 Å². The van der Waals surface area contributed by atoms with E-state index in [2.05, 4.69) is 17.4 Å². The Kier molecular flexibility index (Phi) is 6.88. The molecule has 3 rings (SSSR count). The first-order chi connectivity index (χ1) is 14.0. The predicted octanol–water partition coefficient (Wildman–Crippen LogP) is 3.14. The molecule has 0 spiro atoms. The van der Waals surface area contributed by atoms with Crippen LogP contribution >= 0.6 is 0 Å². The molecule has 1 fully saturated rings. The maximum Gasteiger partial charge on any atom is 0.257 e. The van der Waals surface area contributed by atoms with E-state index < -0.39 is 0 Å². The average Bonchev–Trinajstić information content (AvgIpc) is 2.77. The summed E-state index contributed by atoms with van der Waals surface area (Å²) in [6, 6.07) is 14.8. The molecule has 0 aromatic heterocycles. The summed E-state index contributed by atoms with van der Waals surface area (Å²) in [5, 5.41) is 3.01. The van der Waals surface area contributed by atoms with Crippen molar-refractivity contribution in [2.45, 2.75) is 25.2 Å². The minimum Gasteiger partial charge on any atom is -0.497 e. The number of nitrogens with one attached hydrogen (secondary N) is 1. The minimum atomic E-state index is -0.197. The first-order valence-corrected chi connectivity index (χ1v) is 9.75. The van der Waals surface area contributed by atoms with Crippen molar-refractivity contribution in [2.24, 2.45) is 0 Å². The van der Waals surface area contributed by atoms with Gasteiger partial charge in [0, 0.05) is 30.7 Å². The number of Topliss-reactive ketones (excluding diaryl/α,β-unsaturated/α-hetero) is 1. The van der Waals surface area contributed by atoms with Gasteiger partial charge >= 0.3 is 0 Å². The molecule has 2 aromatic carbocycles. The van der Waals surface area contributed by atoms with Crippen LogP contribution in [0, 0.1) is 0 Å². The monoisotopic (exact) mass is 397 g/mol. The number of methoxy groups -OCH3 is 1. The van der Waals surface area contributed by atoms with E-state index >= 15 is 0 Å². The molecule has 1 heterocycles. The lowest BCUT2D eigenvalue weighted by atomic mass is 9.74. The molecule has 0 aliphatic carbocycles. The molecular formula is C23H27NO5. The van der Waals surface area contributed by atoms with Crippen molar-refractivity contribution in [1.82, 2.24) is 5.32 Å². The van der Waals surface area contributed by atoms with Crippen molar-refractivity contribution in [3.8, 4) is 11.5 Å². The maximum absolute atomic E-state index is 12.4. The molecular weight excluding hydrogens is 370 g/mol. The number of carbonyl (C=O) groups is 2. The number of rotatable bonds is 8. The lowest BCUT2D eigenvalue weighted by Crippen LogP contribution is -2.45. The zero-order chi connectivity index (χ0) is 20.7. The van der Waals surface area contributed by atoms with Gasteiger partial charge in [-0.15, -0.1) is 0 Å². The van der Waals surface area contributed by atoms with Gasteiger partial charge in [-0.1, -0.05) is 24.3 Å². The van der Waals surface area contributed by atoms with E-state index in [1.54, 1.807) is 31.4 Å². The third kappa shape index (κ3) is 5.35. The van der Waals surface area contributed by atoms with Crippen LogP contribution in [0.2, 0.25) is 0 Å². The van der Waals surface area contributed by atoms with Gasteiger partial charge in [0.2, 0.25) is 0 Å². The van der Waals surface area contributed by atoms with Crippen molar-refractivity contribution >= 4 is 11.7 Å². The van der Waals surface area contributed by atoms with E-state index in [0.717, 1.165) is 24.2 Å². The molecule has 1 N–H and O–H groups in total. The van der Waals surface area contributed by atoms with Crippen LogP contribution in [0.4, 0.5) is 0 Å². The second-order valence-corrected chi connectivity index (χ2v) is 7.27. The summed E-state index contributed by atoms with van der Waals surface area (Å²) in [5.74, 6) is 1.07. The molecule has 1 aliphatic heterocycles. The zero-order valence-electron chi connectivity index (χ0n) is 16.9.